The predicted molar refractivity (Wildman–Crippen MR) is 89.6 cm³/mol. The number of aliphatic carboxylic acids is 1. The third kappa shape index (κ3) is 4.15. The van der Waals surface area contributed by atoms with E-state index in [0.29, 0.717) is 11.0 Å². The van der Waals surface area contributed by atoms with Crippen molar-refractivity contribution >= 4 is 22.9 Å². The summed E-state index contributed by atoms with van der Waals surface area (Å²) in [6.07, 6.45) is -2.59. The monoisotopic (exact) mass is 385 g/mol. The highest BCUT2D eigenvalue weighted by molar-refractivity contribution is 5.99. The van der Waals surface area contributed by atoms with Crippen LogP contribution in [-0.4, -0.2) is 38.8 Å². The standard InChI is InChI=1S/C17H18F3N3O4/c18-17(19,20)8-12(15(25)26)21-14(24)9-5-6-13-11(7-9)22-16(27)23(13)10-3-1-2-4-10/h5-7,10,12H,1-4,8H2,(H,21,24)(H,22,27)(H,25,26). The highest BCUT2D eigenvalue weighted by Gasteiger charge is 2.36. The maximum atomic E-state index is 12.5. The fraction of sp³-hybridized carbons (Fsp3) is 0.471. The molecule has 10 heteroatoms. The molecule has 1 atom stereocenters. The zero-order chi connectivity index (χ0) is 19.8. The van der Waals surface area contributed by atoms with Gasteiger partial charge in [-0.05, 0) is 31.0 Å². The number of nitrogens with one attached hydrogen (secondary N) is 2. The molecular weight excluding hydrogens is 367 g/mol. The Morgan fingerprint density at radius 2 is 1.96 bits per heavy atom. The first kappa shape index (κ1) is 19.0. The molecule has 3 rings (SSSR count). The summed E-state index contributed by atoms with van der Waals surface area (Å²) in [5, 5.41) is 10.8. The number of alkyl halides is 3. The summed E-state index contributed by atoms with van der Waals surface area (Å²) in [4.78, 5) is 38.1. The Bertz CT molecular complexity index is 926. The van der Waals surface area contributed by atoms with E-state index in [1.165, 1.54) is 12.1 Å². The molecule has 1 aliphatic rings. The van der Waals surface area contributed by atoms with E-state index in [1.54, 1.807) is 10.6 Å². The molecule has 3 N–H and O–H groups in total. The van der Waals surface area contributed by atoms with Crippen molar-refractivity contribution < 1.29 is 27.9 Å². The van der Waals surface area contributed by atoms with Gasteiger partial charge in [0.15, 0.2) is 0 Å². The van der Waals surface area contributed by atoms with E-state index in [2.05, 4.69) is 4.98 Å². The van der Waals surface area contributed by atoms with Gasteiger partial charge in [-0.2, -0.15) is 13.2 Å². The molecule has 1 aromatic heterocycles. The summed E-state index contributed by atoms with van der Waals surface area (Å²) >= 11 is 0. The predicted octanol–water partition coefficient (Wildman–Crippen LogP) is 2.58. The number of carboxylic acids is 1. The molecule has 1 aromatic carbocycles. The zero-order valence-electron chi connectivity index (χ0n) is 14.2. The summed E-state index contributed by atoms with van der Waals surface area (Å²) in [6, 6.07) is 2.23. The summed E-state index contributed by atoms with van der Waals surface area (Å²) in [7, 11) is 0. The summed E-state index contributed by atoms with van der Waals surface area (Å²) < 4.78 is 39.0. The molecule has 0 radical (unpaired) electrons. The van der Waals surface area contributed by atoms with Crippen LogP contribution in [0.3, 0.4) is 0 Å². The first-order chi connectivity index (χ1) is 12.7. The summed E-state index contributed by atoms with van der Waals surface area (Å²) in [6.45, 7) is 0. The Labute approximate surface area is 151 Å². The minimum absolute atomic E-state index is 0.0317. The number of amides is 1. The highest BCUT2D eigenvalue weighted by Crippen LogP contribution is 2.30. The Balaban J connectivity index is 1.85. The lowest BCUT2D eigenvalue weighted by Gasteiger charge is -2.16. The zero-order valence-corrected chi connectivity index (χ0v) is 14.2. The Morgan fingerprint density at radius 3 is 2.56 bits per heavy atom. The first-order valence-electron chi connectivity index (χ1n) is 8.50. The molecular formula is C17H18F3N3O4. The van der Waals surface area contributed by atoms with E-state index >= 15 is 0 Å². The van der Waals surface area contributed by atoms with Gasteiger partial charge in [0.05, 0.1) is 17.5 Å². The van der Waals surface area contributed by atoms with Crippen LogP contribution in [-0.2, 0) is 4.79 Å². The van der Waals surface area contributed by atoms with E-state index in [4.69, 9.17) is 5.11 Å². The van der Waals surface area contributed by atoms with Crippen molar-refractivity contribution in [3.05, 3.63) is 34.2 Å². The van der Waals surface area contributed by atoms with Gasteiger partial charge in [-0.25, -0.2) is 9.59 Å². The second-order valence-corrected chi connectivity index (χ2v) is 6.65. The van der Waals surface area contributed by atoms with Crippen LogP contribution in [0.4, 0.5) is 13.2 Å². The van der Waals surface area contributed by atoms with Crippen LogP contribution in [0.1, 0.15) is 48.5 Å². The lowest BCUT2D eigenvalue weighted by Crippen LogP contribution is -2.43. The lowest BCUT2D eigenvalue weighted by molar-refractivity contribution is -0.157. The molecule has 7 nitrogen and oxygen atoms in total. The lowest BCUT2D eigenvalue weighted by atomic mass is 10.1. The van der Waals surface area contributed by atoms with E-state index in [0.717, 1.165) is 25.7 Å². The van der Waals surface area contributed by atoms with Gasteiger partial charge >= 0.3 is 17.8 Å². The van der Waals surface area contributed by atoms with Crippen molar-refractivity contribution in [2.75, 3.05) is 0 Å². The van der Waals surface area contributed by atoms with Crippen molar-refractivity contribution in [2.24, 2.45) is 0 Å². The number of aromatic amines is 1. The number of nitrogens with zero attached hydrogens (tertiary/aromatic N) is 1. The highest BCUT2D eigenvalue weighted by atomic mass is 19.4. The quantitative estimate of drug-likeness (QED) is 0.736. The van der Waals surface area contributed by atoms with Crippen LogP contribution in [0, 0.1) is 0 Å². The van der Waals surface area contributed by atoms with Crippen molar-refractivity contribution in [1.29, 1.82) is 0 Å². The number of H-pyrrole nitrogens is 1. The Hall–Kier alpha value is -2.78. The molecule has 1 unspecified atom stereocenters. The molecule has 1 fully saturated rings. The van der Waals surface area contributed by atoms with E-state index < -0.39 is 30.5 Å². The van der Waals surface area contributed by atoms with Gasteiger partial charge in [0.25, 0.3) is 5.91 Å². The van der Waals surface area contributed by atoms with Crippen LogP contribution < -0.4 is 11.0 Å². The molecule has 0 saturated heterocycles. The van der Waals surface area contributed by atoms with Crippen LogP contribution in [0.5, 0.6) is 0 Å². The third-order valence-electron chi connectivity index (χ3n) is 4.71. The summed E-state index contributed by atoms with van der Waals surface area (Å²) in [5.74, 6) is -2.73. The van der Waals surface area contributed by atoms with E-state index in [1.807, 2.05) is 5.32 Å². The maximum Gasteiger partial charge on any atom is 0.391 e. The molecule has 146 valence electrons. The summed E-state index contributed by atoms with van der Waals surface area (Å²) in [5.41, 5.74) is 0.640. The average molecular weight is 385 g/mol. The van der Waals surface area contributed by atoms with Crippen LogP contribution >= 0.6 is 0 Å². The number of aromatic nitrogens is 2. The van der Waals surface area contributed by atoms with Crippen LogP contribution in [0.2, 0.25) is 0 Å². The van der Waals surface area contributed by atoms with E-state index in [9.17, 15) is 27.6 Å². The molecule has 1 heterocycles. The van der Waals surface area contributed by atoms with Crippen molar-refractivity contribution in [3.63, 3.8) is 0 Å². The molecule has 27 heavy (non-hydrogen) atoms. The van der Waals surface area contributed by atoms with Gasteiger partial charge in [0.1, 0.15) is 6.04 Å². The number of hydrogen-bond donors (Lipinski definition) is 3. The Morgan fingerprint density at radius 1 is 1.30 bits per heavy atom. The number of hydrogen-bond acceptors (Lipinski definition) is 3. The molecule has 0 spiro atoms. The van der Waals surface area contributed by atoms with Gasteiger partial charge in [-0.15, -0.1) is 0 Å². The topological polar surface area (TPSA) is 104 Å². The van der Waals surface area contributed by atoms with Gasteiger partial charge in [0.2, 0.25) is 0 Å². The largest absolute Gasteiger partial charge is 0.480 e. The number of rotatable bonds is 5. The smallest absolute Gasteiger partial charge is 0.391 e. The van der Waals surface area contributed by atoms with Gasteiger partial charge in [-0.1, -0.05) is 12.8 Å². The molecule has 2 aromatic rings. The minimum atomic E-state index is -4.73. The van der Waals surface area contributed by atoms with Gasteiger partial charge in [0, 0.05) is 11.6 Å². The normalized spacial score (nSPS) is 16.6. The fourth-order valence-corrected chi connectivity index (χ4v) is 3.47. The maximum absolute atomic E-state index is 12.5. The number of carbonyl (C=O) groups excluding carboxylic acids is 1. The Kier molecular flexibility index (Phi) is 4.99. The number of fused-ring (bicyclic) bond motifs is 1. The molecule has 0 aliphatic heterocycles. The van der Waals surface area contributed by atoms with Gasteiger partial charge < -0.3 is 15.4 Å². The molecule has 1 saturated carbocycles. The van der Waals surface area contributed by atoms with Gasteiger partial charge in [-0.3, -0.25) is 9.36 Å². The molecule has 0 bridgehead atoms. The second-order valence-electron chi connectivity index (χ2n) is 6.65. The fourth-order valence-electron chi connectivity index (χ4n) is 3.47. The minimum Gasteiger partial charge on any atom is -0.480 e. The van der Waals surface area contributed by atoms with E-state index in [-0.39, 0.29) is 17.3 Å². The third-order valence-corrected chi connectivity index (χ3v) is 4.71. The number of carboxylic acid groups (broad SMARTS) is 1. The van der Waals surface area contributed by atoms with Crippen molar-refractivity contribution in [3.8, 4) is 0 Å². The van der Waals surface area contributed by atoms with Crippen LogP contribution in [0.15, 0.2) is 23.0 Å². The average Bonchev–Trinajstić information content (AvgIpc) is 3.18. The second kappa shape index (κ2) is 7.09. The van der Waals surface area contributed by atoms with Crippen molar-refractivity contribution in [2.45, 2.75) is 50.4 Å². The SMILES string of the molecule is O=C(NC(CC(F)(F)F)C(=O)O)c1ccc2c(c1)[nH]c(=O)n2C1CCCC1. The number of carbonyl (C=O) groups is 2. The van der Waals surface area contributed by atoms with Crippen molar-refractivity contribution in [1.82, 2.24) is 14.9 Å². The number of benzene rings is 1. The van der Waals surface area contributed by atoms with Crippen LogP contribution in [0.25, 0.3) is 11.0 Å². The number of imidazole rings is 1. The molecule has 1 aliphatic carbocycles. The number of halogens is 3. The molecule has 1 amide bonds. The first-order valence-corrected chi connectivity index (χ1v) is 8.50.